The lowest BCUT2D eigenvalue weighted by atomic mass is 9.60. The first kappa shape index (κ1) is 33.5. The summed E-state index contributed by atoms with van der Waals surface area (Å²) in [6, 6.07) is 52.5. The number of thiophene rings is 1. The normalized spacial score (nSPS) is 11.6. The van der Waals surface area contributed by atoms with Gasteiger partial charge < -0.3 is 4.57 Å². The van der Waals surface area contributed by atoms with Crippen LogP contribution in [0.15, 0.2) is 146 Å². The molecule has 3 aromatic heterocycles. The van der Waals surface area contributed by atoms with Crippen LogP contribution in [0.5, 0.6) is 0 Å². The van der Waals surface area contributed by atoms with Gasteiger partial charge in [0.15, 0.2) is 5.82 Å². The minimum absolute atomic E-state index is 0.742. The second-order valence-electron chi connectivity index (χ2n) is 14.8. The summed E-state index contributed by atoms with van der Waals surface area (Å²) in [7, 11) is 11.1. The van der Waals surface area contributed by atoms with E-state index in [0.717, 1.165) is 28.3 Å². The van der Waals surface area contributed by atoms with Crippen LogP contribution >= 0.6 is 11.3 Å². The Morgan fingerprint density at radius 3 is 1.78 bits per heavy atom. The predicted octanol–water partition coefficient (Wildman–Crippen LogP) is 3.90. The van der Waals surface area contributed by atoms with E-state index in [2.05, 4.69) is 189 Å². The first-order valence-corrected chi connectivity index (χ1v) is 19.7. The van der Waals surface area contributed by atoms with E-state index < -0.39 is 0 Å². The van der Waals surface area contributed by atoms with Crippen LogP contribution in [0.2, 0.25) is 0 Å². The van der Waals surface area contributed by atoms with E-state index in [1.807, 2.05) is 11.3 Å². The number of aromatic nitrogens is 3. The zero-order chi connectivity index (χ0) is 37.4. The molecule has 10 aromatic rings. The molecule has 0 saturated carbocycles. The van der Waals surface area contributed by atoms with Crippen LogP contribution < -0.4 is 27.3 Å². The van der Waals surface area contributed by atoms with Crippen molar-refractivity contribution in [3.63, 3.8) is 0 Å². The zero-order valence-corrected chi connectivity index (χ0v) is 32.4. The molecule has 0 N–H and O–H groups in total. The minimum atomic E-state index is 0.742. The molecule has 0 aliphatic rings. The Labute approximate surface area is 329 Å². The van der Waals surface area contributed by atoms with Crippen molar-refractivity contribution in [2.24, 2.45) is 0 Å². The van der Waals surface area contributed by atoms with E-state index in [9.17, 15) is 0 Å². The average Bonchev–Trinajstić information content (AvgIpc) is 3.77. The van der Waals surface area contributed by atoms with E-state index in [0.29, 0.717) is 0 Å². The standard InChI is InChI=1S/C46H34B5N3S/c47-41-40(42(48)44(50)45(51)43(41)49)35-24-34(25-9-3-1-4-10-25)52-46(53-35)28-17-20-38-33(22-28)31-18-15-27(23-39(31)55-38)26-16-19-37-32(21-26)30-13-7-8-14-36(30)54(37)29-11-5-2-6-12-29/h1-24H,47-51H2. The maximum absolute atomic E-state index is 5.32. The molecule has 0 spiro atoms. The van der Waals surface area contributed by atoms with Gasteiger partial charge in [-0.3, -0.25) is 0 Å². The molecule has 3 heterocycles. The van der Waals surface area contributed by atoms with Crippen LogP contribution in [0.3, 0.4) is 0 Å². The van der Waals surface area contributed by atoms with E-state index in [1.165, 1.54) is 91.7 Å². The molecular weight excluding hydrogens is 681 g/mol. The Morgan fingerprint density at radius 1 is 0.400 bits per heavy atom. The van der Waals surface area contributed by atoms with Gasteiger partial charge in [0.2, 0.25) is 0 Å². The number of hydrogen-bond donors (Lipinski definition) is 0. The SMILES string of the molecule is Bc1c(B)c(B)c(-c2cc(-c3ccccc3)nc(-c3ccc4sc5cc(-c6ccc7c(c6)c6ccccc6n7-c6ccccc6)ccc5c4c3)n2)c(B)c1B. The first-order valence-electron chi connectivity index (χ1n) is 18.9. The van der Waals surface area contributed by atoms with Crippen molar-refractivity contribution in [2.45, 2.75) is 0 Å². The average molecular weight is 715 g/mol. The highest BCUT2D eigenvalue weighted by molar-refractivity contribution is 7.25. The molecule has 0 atom stereocenters. The molecule has 0 unspecified atom stereocenters. The summed E-state index contributed by atoms with van der Waals surface area (Å²) in [4.78, 5) is 10.5. The van der Waals surface area contributed by atoms with Gasteiger partial charge >= 0.3 is 0 Å². The monoisotopic (exact) mass is 715 g/mol. The molecule has 3 nitrogen and oxygen atoms in total. The van der Waals surface area contributed by atoms with E-state index >= 15 is 0 Å². The second-order valence-corrected chi connectivity index (χ2v) is 15.9. The molecule has 7 aromatic carbocycles. The number of hydrogen-bond acceptors (Lipinski definition) is 3. The Balaban J connectivity index is 1.09. The highest BCUT2D eigenvalue weighted by atomic mass is 32.1. The highest BCUT2D eigenvalue weighted by Crippen LogP contribution is 2.40. The molecule has 55 heavy (non-hydrogen) atoms. The van der Waals surface area contributed by atoms with Gasteiger partial charge in [0, 0.05) is 47.8 Å². The number of benzene rings is 7. The first-order chi connectivity index (χ1) is 26.8. The van der Waals surface area contributed by atoms with Crippen molar-refractivity contribution in [2.75, 3.05) is 0 Å². The maximum Gasteiger partial charge on any atom is 0.160 e. The van der Waals surface area contributed by atoms with Gasteiger partial charge in [-0.05, 0) is 77.4 Å². The quantitative estimate of drug-likeness (QED) is 0.254. The van der Waals surface area contributed by atoms with Crippen LogP contribution in [0.25, 0.3) is 92.7 Å². The molecular formula is C46H34B5N3S. The number of fused-ring (bicyclic) bond motifs is 6. The smallest absolute Gasteiger partial charge is 0.160 e. The third-order valence-electron chi connectivity index (χ3n) is 11.8. The minimum Gasteiger partial charge on any atom is -0.309 e. The highest BCUT2D eigenvalue weighted by Gasteiger charge is 2.19. The Morgan fingerprint density at radius 2 is 1.00 bits per heavy atom. The number of nitrogens with zero attached hydrogens (tertiary/aromatic N) is 3. The molecule has 0 radical (unpaired) electrons. The topological polar surface area (TPSA) is 30.7 Å². The molecule has 254 valence electrons. The Bertz CT molecular complexity index is 3130. The lowest BCUT2D eigenvalue weighted by molar-refractivity contribution is 1.18. The third-order valence-corrected chi connectivity index (χ3v) is 12.9. The van der Waals surface area contributed by atoms with E-state index in [-0.39, 0.29) is 0 Å². The van der Waals surface area contributed by atoms with Gasteiger partial charge in [-0.2, -0.15) is 0 Å². The predicted molar refractivity (Wildman–Crippen MR) is 252 cm³/mol. The third kappa shape index (κ3) is 5.48. The van der Waals surface area contributed by atoms with E-state index in [4.69, 9.17) is 9.97 Å². The fraction of sp³-hybridized carbons (Fsp3) is 0. The number of para-hydroxylation sites is 2. The lowest BCUT2D eigenvalue weighted by Crippen LogP contribution is -2.55. The molecule has 10 rings (SSSR count). The van der Waals surface area contributed by atoms with Gasteiger partial charge in [0.25, 0.3) is 0 Å². The second kappa shape index (κ2) is 13.1. The zero-order valence-electron chi connectivity index (χ0n) is 31.6. The van der Waals surface area contributed by atoms with Gasteiger partial charge in [0.1, 0.15) is 39.2 Å². The summed E-state index contributed by atoms with van der Waals surface area (Å²) in [5.74, 6) is 0.742. The van der Waals surface area contributed by atoms with Crippen LogP contribution in [-0.4, -0.2) is 53.8 Å². The van der Waals surface area contributed by atoms with Crippen molar-refractivity contribution in [1.82, 2.24) is 14.5 Å². The summed E-state index contributed by atoms with van der Waals surface area (Å²) >= 11 is 1.85. The van der Waals surface area contributed by atoms with Crippen LogP contribution in [0, 0.1) is 0 Å². The fourth-order valence-electron chi connectivity index (χ4n) is 8.45. The van der Waals surface area contributed by atoms with Crippen LogP contribution in [0.4, 0.5) is 0 Å². The van der Waals surface area contributed by atoms with Crippen molar-refractivity contribution < 1.29 is 0 Å². The van der Waals surface area contributed by atoms with Gasteiger partial charge in [-0.1, -0.05) is 95.9 Å². The molecule has 0 aliphatic carbocycles. The van der Waals surface area contributed by atoms with Crippen molar-refractivity contribution in [3.8, 4) is 50.7 Å². The van der Waals surface area contributed by atoms with Crippen LogP contribution in [0.1, 0.15) is 0 Å². The fourth-order valence-corrected chi connectivity index (χ4v) is 9.57. The van der Waals surface area contributed by atoms with Gasteiger partial charge in [-0.25, -0.2) is 9.97 Å². The maximum atomic E-state index is 5.32. The lowest BCUT2D eigenvalue weighted by Gasteiger charge is -2.20. The van der Waals surface area contributed by atoms with Gasteiger partial charge in [0.05, 0.1) is 22.4 Å². The largest absolute Gasteiger partial charge is 0.309 e. The summed E-state index contributed by atoms with van der Waals surface area (Å²) in [6.45, 7) is 0. The molecule has 0 bridgehead atoms. The molecule has 0 fully saturated rings. The Kier molecular flexibility index (Phi) is 7.97. The van der Waals surface area contributed by atoms with Crippen molar-refractivity contribution in [1.29, 1.82) is 0 Å². The molecule has 0 aliphatic heterocycles. The summed E-state index contributed by atoms with van der Waals surface area (Å²) in [5, 5.41) is 5.01. The van der Waals surface area contributed by atoms with Crippen LogP contribution in [-0.2, 0) is 0 Å². The summed E-state index contributed by atoms with van der Waals surface area (Å²) < 4.78 is 4.90. The van der Waals surface area contributed by atoms with E-state index in [1.54, 1.807) is 0 Å². The summed E-state index contributed by atoms with van der Waals surface area (Å²) in [5.41, 5.74) is 17.8. The Hall–Kier alpha value is -6.04. The van der Waals surface area contributed by atoms with Crippen molar-refractivity contribution >= 4 is 120 Å². The number of rotatable bonds is 5. The van der Waals surface area contributed by atoms with Crippen molar-refractivity contribution in [3.05, 3.63) is 146 Å². The molecule has 0 saturated heterocycles. The molecule has 0 amide bonds. The summed E-state index contributed by atoms with van der Waals surface area (Å²) in [6.07, 6.45) is 0. The molecule has 9 heteroatoms. The van der Waals surface area contributed by atoms with Gasteiger partial charge in [-0.15, -0.1) is 27.7 Å².